The molecule has 0 bridgehead atoms. The fraction of sp³-hybridized carbons (Fsp3) is 0.818. The third kappa shape index (κ3) is 8.41. The number of carboxylic acids is 1. The Morgan fingerprint density at radius 2 is 1.74 bits per heavy atom. The molecule has 112 valence electrons. The monoisotopic (exact) mass is 284 g/mol. The standard InChI is InChI=1S/C9H18N2O.C2HF3O2/c1-7(11-8(2)12)9-3-5-10-6-4-9;3-2(4,5)1(6)7/h7,9-10H,3-6H2,1-2H3,(H,11,12);(H,6,7). The van der Waals surface area contributed by atoms with E-state index in [9.17, 15) is 18.0 Å². The summed E-state index contributed by atoms with van der Waals surface area (Å²) in [6.45, 7) is 5.86. The second-order valence-electron chi connectivity index (χ2n) is 4.38. The zero-order valence-corrected chi connectivity index (χ0v) is 10.9. The minimum Gasteiger partial charge on any atom is -0.475 e. The normalized spacial score (nSPS) is 17.9. The molecule has 1 fully saturated rings. The van der Waals surface area contributed by atoms with E-state index in [0.29, 0.717) is 12.0 Å². The van der Waals surface area contributed by atoms with E-state index in [1.54, 1.807) is 6.92 Å². The molecule has 1 aliphatic heterocycles. The molecule has 8 heteroatoms. The molecule has 1 unspecified atom stereocenters. The minimum absolute atomic E-state index is 0.0843. The van der Waals surface area contributed by atoms with E-state index in [4.69, 9.17) is 9.90 Å². The van der Waals surface area contributed by atoms with Crippen LogP contribution in [0.2, 0.25) is 0 Å². The number of hydrogen-bond donors (Lipinski definition) is 3. The van der Waals surface area contributed by atoms with Crippen LogP contribution in [-0.4, -0.2) is 42.3 Å². The lowest BCUT2D eigenvalue weighted by Crippen LogP contribution is -2.41. The maximum absolute atomic E-state index is 10.8. The van der Waals surface area contributed by atoms with Crippen molar-refractivity contribution in [3.05, 3.63) is 0 Å². The number of carbonyl (C=O) groups is 2. The number of halogens is 3. The molecule has 0 aromatic carbocycles. The Labute approximate surface area is 109 Å². The molecule has 0 radical (unpaired) electrons. The van der Waals surface area contributed by atoms with Gasteiger partial charge in [-0.2, -0.15) is 13.2 Å². The summed E-state index contributed by atoms with van der Waals surface area (Å²) in [5, 5.41) is 13.4. The third-order valence-electron chi connectivity index (χ3n) is 2.76. The Morgan fingerprint density at radius 3 is 2.05 bits per heavy atom. The molecule has 0 spiro atoms. The highest BCUT2D eigenvalue weighted by Crippen LogP contribution is 2.15. The first-order valence-corrected chi connectivity index (χ1v) is 5.92. The first-order chi connectivity index (χ1) is 8.64. The molecule has 19 heavy (non-hydrogen) atoms. The van der Waals surface area contributed by atoms with Gasteiger partial charge in [0, 0.05) is 13.0 Å². The molecule has 0 aliphatic carbocycles. The Hall–Kier alpha value is -1.31. The van der Waals surface area contributed by atoms with Crippen LogP contribution in [0, 0.1) is 5.92 Å². The number of alkyl halides is 3. The van der Waals surface area contributed by atoms with E-state index in [2.05, 4.69) is 17.6 Å². The quantitative estimate of drug-likeness (QED) is 0.710. The Kier molecular flexibility index (Phi) is 7.43. The summed E-state index contributed by atoms with van der Waals surface area (Å²) in [5.41, 5.74) is 0. The van der Waals surface area contributed by atoms with Gasteiger partial charge in [0.1, 0.15) is 0 Å². The lowest BCUT2D eigenvalue weighted by molar-refractivity contribution is -0.192. The number of carboxylic acid groups (broad SMARTS) is 1. The van der Waals surface area contributed by atoms with Crippen LogP contribution in [-0.2, 0) is 9.59 Å². The number of amides is 1. The first-order valence-electron chi connectivity index (χ1n) is 5.92. The maximum Gasteiger partial charge on any atom is 0.490 e. The highest BCUT2D eigenvalue weighted by molar-refractivity contribution is 5.73. The van der Waals surface area contributed by atoms with Gasteiger partial charge in [0.05, 0.1) is 0 Å². The van der Waals surface area contributed by atoms with Gasteiger partial charge in [0.25, 0.3) is 0 Å². The topological polar surface area (TPSA) is 78.4 Å². The fourth-order valence-corrected chi connectivity index (χ4v) is 1.78. The van der Waals surface area contributed by atoms with Gasteiger partial charge in [0.15, 0.2) is 0 Å². The molecule has 0 aromatic heterocycles. The van der Waals surface area contributed by atoms with Crippen molar-refractivity contribution < 1.29 is 27.9 Å². The van der Waals surface area contributed by atoms with Crippen molar-refractivity contribution >= 4 is 11.9 Å². The van der Waals surface area contributed by atoms with Crippen LogP contribution in [0.5, 0.6) is 0 Å². The summed E-state index contributed by atoms with van der Waals surface area (Å²) in [7, 11) is 0. The second-order valence-corrected chi connectivity index (χ2v) is 4.38. The van der Waals surface area contributed by atoms with Gasteiger partial charge in [-0.1, -0.05) is 0 Å². The average molecular weight is 284 g/mol. The predicted octanol–water partition coefficient (Wildman–Crippen LogP) is 1.14. The number of hydrogen-bond acceptors (Lipinski definition) is 3. The van der Waals surface area contributed by atoms with E-state index in [0.717, 1.165) is 13.1 Å². The third-order valence-corrected chi connectivity index (χ3v) is 2.76. The zero-order valence-electron chi connectivity index (χ0n) is 10.9. The van der Waals surface area contributed by atoms with Crippen molar-refractivity contribution in [3.8, 4) is 0 Å². The number of carbonyl (C=O) groups excluding carboxylic acids is 1. The molecule has 0 saturated carbocycles. The van der Waals surface area contributed by atoms with E-state index >= 15 is 0 Å². The van der Waals surface area contributed by atoms with Crippen molar-refractivity contribution in [2.45, 2.75) is 38.9 Å². The number of nitrogens with one attached hydrogen (secondary N) is 2. The largest absolute Gasteiger partial charge is 0.490 e. The van der Waals surface area contributed by atoms with E-state index in [1.807, 2.05) is 0 Å². The smallest absolute Gasteiger partial charge is 0.475 e. The van der Waals surface area contributed by atoms with Crippen LogP contribution in [0.1, 0.15) is 26.7 Å². The SMILES string of the molecule is CC(=O)NC(C)C1CCNCC1.O=C(O)C(F)(F)F. The molecular weight excluding hydrogens is 265 g/mol. The van der Waals surface area contributed by atoms with Crippen LogP contribution in [0.3, 0.4) is 0 Å². The molecule has 1 amide bonds. The molecule has 1 aliphatic rings. The highest BCUT2D eigenvalue weighted by Gasteiger charge is 2.38. The summed E-state index contributed by atoms with van der Waals surface area (Å²) >= 11 is 0. The molecule has 1 atom stereocenters. The highest BCUT2D eigenvalue weighted by atomic mass is 19.4. The van der Waals surface area contributed by atoms with Crippen molar-refractivity contribution in [3.63, 3.8) is 0 Å². The van der Waals surface area contributed by atoms with E-state index < -0.39 is 12.1 Å². The van der Waals surface area contributed by atoms with Gasteiger partial charge in [-0.25, -0.2) is 4.79 Å². The van der Waals surface area contributed by atoms with Gasteiger partial charge in [0.2, 0.25) is 5.91 Å². The lowest BCUT2D eigenvalue weighted by atomic mass is 9.91. The van der Waals surface area contributed by atoms with Crippen LogP contribution in [0.4, 0.5) is 13.2 Å². The van der Waals surface area contributed by atoms with Crippen LogP contribution < -0.4 is 10.6 Å². The number of rotatable bonds is 2. The predicted molar refractivity (Wildman–Crippen MR) is 62.6 cm³/mol. The average Bonchev–Trinajstić information content (AvgIpc) is 2.28. The minimum atomic E-state index is -5.08. The van der Waals surface area contributed by atoms with Crippen molar-refractivity contribution in [2.75, 3.05) is 13.1 Å². The lowest BCUT2D eigenvalue weighted by Gasteiger charge is -2.28. The van der Waals surface area contributed by atoms with Gasteiger partial charge < -0.3 is 15.7 Å². The molecule has 1 rings (SSSR count). The fourth-order valence-electron chi connectivity index (χ4n) is 1.78. The summed E-state index contributed by atoms with van der Waals surface area (Å²) in [6, 6.07) is 0.338. The van der Waals surface area contributed by atoms with Crippen molar-refractivity contribution in [2.24, 2.45) is 5.92 Å². The van der Waals surface area contributed by atoms with Gasteiger partial charge in [-0.15, -0.1) is 0 Å². The molecule has 1 heterocycles. The Balaban J connectivity index is 0.000000399. The van der Waals surface area contributed by atoms with Crippen molar-refractivity contribution in [1.29, 1.82) is 0 Å². The van der Waals surface area contributed by atoms with Gasteiger partial charge in [-0.3, -0.25) is 4.79 Å². The Morgan fingerprint density at radius 1 is 1.32 bits per heavy atom. The van der Waals surface area contributed by atoms with E-state index in [1.165, 1.54) is 12.8 Å². The molecule has 3 N–H and O–H groups in total. The first kappa shape index (κ1) is 17.7. The Bertz CT molecular complexity index is 302. The van der Waals surface area contributed by atoms with Crippen LogP contribution in [0.15, 0.2) is 0 Å². The van der Waals surface area contributed by atoms with Gasteiger partial charge >= 0.3 is 12.1 Å². The summed E-state index contributed by atoms with van der Waals surface area (Å²) in [4.78, 5) is 19.7. The van der Waals surface area contributed by atoms with E-state index in [-0.39, 0.29) is 5.91 Å². The summed E-state index contributed by atoms with van der Waals surface area (Å²) < 4.78 is 31.7. The van der Waals surface area contributed by atoms with Crippen LogP contribution in [0.25, 0.3) is 0 Å². The molecule has 5 nitrogen and oxygen atoms in total. The summed E-state index contributed by atoms with van der Waals surface area (Å²) in [5.74, 6) is -2.01. The second kappa shape index (κ2) is 7.98. The summed E-state index contributed by atoms with van der Waals surface area (Å²) in [6.07, 6.45) is -2.72. The van der Waals surface area contributed by atoms with Crippen molar-refractivity contribution in [1.82, 2.24) is 10.6 Å². The number of piperidine rings is 1. The zero-order chi connectivity index (χ0) is 15.1. The van der Waals surface area contributed by atoms with Gasteiger partial charge in [-0.05, 0) is 38.8 Å². The molecular formula is C11H19F3N2O3. The molecule has 0 aromatic rings. The number of aliphatic carboxylic acids is 1. The van der Waals surface area contributed by atoms with Crippen LogP contribution >= 0.6 is 0 Å². The maximum atomic E-state index is 10.8. The molecule has 1 saturated heterocycles.